The highest BCUT2D eigenvalue weighted by Gasteiger charge is 2.19. The van der Waals surface area contributed by atoms with E-state index in [4.69, 9.17) is 10.5 Å². The maximum absolute atomic E-state index is 12.0. The number of hydrogen-bond donors (Lipinski definition) is 3. The Morgan fingerprint density at radius 1 is 1.08 bits per heavy atom. The van der Waals surface area contributed by atoms with Gasteiger partial charge >= 0.3 is 6.03 Å². The van der Waals surface area contributed by atoms with Crippen LogP contribution in [-0.2, 0) is 5.41 Å². The van der Waals surface area contributed by atoms with Crippen LogP contribution in [0.5, 0.6) is 5.75 Å². The molecule has 0 atom stereocenters. The molecule has 0 aliphatic heterocycles. The van der Waals surface area contributed by atoms with Gasteiger partial charge in [-0.05, 0) is 48.6 Å². The van der Waals surface area contributed by atoms with Crippen LogP contribution in [-0.4, -0.2) is 12.8 Å². The Kier molecular flexibility index (Phi) is 5.57. The Balaban J connectivity index is 1.95. The van der Waals surface area contributed by atoms with Crippen LogP contribution in [0, 0.1) is 13.8 Å². The summed E-state index contributed by atoms with van der Waals surface area (Å²) in [7, 11) is 0. The summed E-state index contributed by atoms with van der Waals surface area (Å²) in [5.41, 5.74) is 10.3. The fourth-order valence-electron chi connectivity index (χ4n) is 2.50. The summed E-state index contributed by atoms with van der Waals surface area (Å²) in [5.74, 6) is 0.772. The van der Waals surface area contributed by atoms with Crippen LogP contribution in [0.25, 0.3) is 0 Å². The molecule has 0 bridgehead atoms. The lowest BCUT2D eigenvalue weighted by atomic mass is 9.85. The molecule has 0 spiro atoms. The molecular formula is C20H27N3O2. The van der Waals surface area contributed by atoms with Gasteiger partial charge in [-0.1, -0.05) is 44.5 Å². The number of ether oxygens (including phenoxy) is 1. The number of carbonyl (C=O) groups is 1. The second-order valence-electron chi connectivity index (χ2n) is 7.26. The lowest BCUT2D eigenvalue weighted by molar-refractivity contribution is 0.233. The van der Waals surface area contributed by atoms with Crippen LogP contribution in [0.4, 0.5) is 16.2 Å². The molecule has 0 aliphatic rings. The van der Waals surface area contributed by atoms with Crippen LogP contribution >= 0.6 is 0 Å². The van der Waals surface area contributed by atoms with Gasteiger partial charge in [0.05, 0.1) is 11.4 Å². The third-order valence-corrected chi connectivity index (χ3v) is 3.86. The van der Waals surface area contributed by atoms with E-state index in [-0.39, 0.29) is 18.2 Å². The summed E-state index contributed by atoms with van der Waals surface area (Å²) in [6.45, 7) is 10.5. The van der Waals surface area contributed by atoms with Crippen molar-refractivity contribution in [2.24, 2.45) is 0 Å². The van der Waals surface area contributed by atoms with Gasteiger partial charge in [0.15, 0.2) is 6.73 Å². The second-order valence-corrected chi connectivity index (χ2v) is 7.26. The zero-order valence-electron chi connectivity index (χ0n) is 15.6. The SMILES string of the molecule is Cc1ccc(NC(=O)NCOc2ccc(C)cc2C(C)(C)C)c(N)c1. The lowest BCUT2D eigenvalue weighted by Crippen LogP contribution is -2.32. The van der Waals surface area contributed by atoms with E-state index in [1.807, 2.05) is 31.2 Å². The van der Waals surface area contributed by atoms with Gasteiger partial charge in [0.2, 0.25) is 0 Å². The third-order valence-electron chi connectivity index (χ3n) is 3.86. The molecular weight excluding hydrogens is 314 g/mol. The summed E-state index contributed by atoms with van der Waals surface area (Å²) in [6, 6.07) is 11.2. The molecule has 0 aromatic heterocycles. The van der Waals surface area contributed by atoms with E-state index in [1.165, 1.54) is 5.56 Å². The highest BCUT2D eigenvalue weighted by Crippen LogP contribution is 2.32. The number of rotatable bonds is 4. The minimum absolute atomic E-state index is 0.0417. The second kappa shape index (κ2) is 7.47. The number of aryl methyl sites for hydroxylation is 2. The number of nitrogens with two attached hydrogens (primary N) is 1. The summed E-state index contributed by atoms with van der Waals surface area (Å²) in [5, 5.41) is 5.41. The van der Waals surface area contributed by atoms with Crippen LogP contribution < -0.4 is 21.1 Å². The zero-order valence-corrected chi connectivity index (χ0v) is 15.6. The third kappa shape index (κ3) is 5.14. The molecule has 5 heteroatoms. The lowest BCUT2D eigenvalue weighted by Gasteiger charge is -2.23. The minimum Gasteiger partial charge on any atom is -0.473 e. The molecule has 2 aromatic carbocycles. The Morgan fingerprint density at radius 3 is 2.36 bits per heavy atom. The summed E-state index contributed by atoms with van der Waals surface area (Å²) in [4.78, 5) is 12.0. The normalized spacial score (nSPS) is 11.1. The zero-order chi connectivity index (χ0) is 18.6. The van der Waals surface area contributed by atoms with Gasteiger partial charge in [0, 0.05) is 0 Å². The topological polar surface area (TPSA) is 76.4 Å². The fraction of sp³-hybridized carbons (Fsp3) is 0.350. The average Bonchev–Trinajstić information content (AvgIpc) is 2.50. The van der Waals surface area contributed by atoms with Gasteiger partial charge < -0.3 is 21.1 Å². The summed E-state index contributed by atoms with van der Waals surface area (Å²) < 4.78 is 5.77. The summed E-state index contributed by atoms with van der Waals surface area (Å²) >= 11 is 0. The van der Waals surface area contributed by atoms with Crippen LogP contribution in [0.15, 0.2) is 36.4 Å². The number of amides is 2. The first kappa shape index (κ1) is 18.6. The Morgan fingerprint density at radius 2 is 1.72 bits per heavy atom. The number of benzene rings is 2. The van der Waals surface area contributed by atoms with E-state index in [1.54, 1.807) is 6.07 Å². The number of hydrogen-bond acceptors (Lipinski definition) is 3. The molecule has 5 nitrogen and oxygen atoms in total. The smallest absolute Gasteiger partial charge is 0.321 e. The first-order valence-corrected chi connectivity index (χ1v) is 8.32. The van der Waals surface area contributed by atoms with Crippen molar-refractivity contribution >= 4 is 17.4 Å². The molecule has 0 saturated carbocycles. The van der Waals surface area contributed by atoms with Gasteiger partial charge in [-0.3, -0.25) is 0 Å². The first-order valence-electron chi connectivity index (χ1n) is 8.32. The largest absolute Gasteiger partial charge is 0.473 e. The molecule has 0 aliphatic carbocycles. The maximum atomic E-state index is 12.0. The van der Waals surface area contributed by atoms with Crippen molar-refractivity contribution < 1.29 is 9.53 Å². The first-order chi connectivity index (χ1) is 11.7. The molecule has 25 heavy (non-hydrogen) atoms. The number of anilines is 2. The van der Waals surface area contributed by atoms with Crippen molar-refractivity contribution in [1.29, 1.82) is 0 Å². The van der Waals surface area contributed by atoms with Crippen molar-refractivity contribution in [3.8, 4) is 5.75 Å². The van der Waals surface area contributed by atoms with E-state index < -0.39 is 0 Å². The Bertz CT molecular complexity index is 764. The number of urea groups is 1. The molecule has 0 radical (unpaired) electrons. The van der Waals surface area contributed by atoms with Gasteiger partial charge in [-0.15, -0.1) is 0 Å². The Hall–Kier alpha value is -2.69. The molecule has 0 unspecified atom stereocenters. The molecule has 134 valence electrons. The van der Waals surface area contributed by atoms with Gasteiger partial charge in [0.25, 0.3) is 0 Å². The van der Waals surface area contributed by atoms with Crippen LogP contribution in [0.2, 0.25) is 0 Å². The van der Waals surface area contributed by atoms with Gasteiger partial charge in [0.1, 0.15) is 5.75 Å². The molecule has 0 heterocycles. The molecule has 0 saturated heterocycles. The minimum atomic E-state index is -0.361. The number of nitrogens with one attached hydrogen (secondary N) is 2. The molecule has 4 N–H and O–H groups in total. The maximum Gasteiger partial charge on any atom is 0.321 e. The van der Waals surface area contributed by atoms with E-state index in [9.17, 15) is 4.79 Å². The average molecular weight is 341 g/mol. The van der Waals surface area contributed by atoms with Gasteiger partial charge in [-0.2, -0.15) is 0 Å². The van der Waals surface area contributed by atoms with E-state index in [0.717, 1.165) is 16.9 Å². The summed E-state index contributed by atoms with van der Waals surface area (Å²) in [6.07, 6.45) is 0. The van der Waals surface area contributed by atoms with Crippen molar-refractivity contribution in [1.82, 2.24) is 5.32 Å². The fourth-order valence-corrected chi connectivity index (χ4v) is 2.50. The monoisotopic (exact) mass is 341 g/mol. The predicted molar refractivity (Wildman–Crippen MR) is 103 cm³/mol. The molecule has 2 amide bonds. The van der Waals surface area contributed by atoms with Crippen molar-refractivity contribution in [3.63, 3.8) is 0 Å². The van der Waals surface area contributed by atoms with E-state index >= 15 is 0 Å². The molecule has 2 rings (SSSR count). The van der Waals surface area contributed by atoms with E-state index in [2.05, 4.69) is 44.4 Å². The van der Waals surface area contributed by atoms with Crippen molar-refractivity contribution in [2.45, 2.75) is 40.0 Å². The standard InChI is InChI=1S/C20H27N3O2/c1-13-7-9-18(15(10-13)20(3,4)5)25-12-22-19(24)23-17-8-6-14(2)11-16(17)21/h6-11H,12,21H2,1-5H3,(H2,22,23,24). The van der Waals surface area contributed by atoms with Crippen LogP contribution in [0.1, 0.15) is 37.5 Å². The van der Waals surface area contributed by atoms with Crippen LogP contribution in [0.3, 0.4) is 0 Å². The van der Waals surface area contributed by atoms with E-state index in [0.29, 0.717) is 11.4 Å². The Labute approximate surface area is 149 Å². The number of nitrogen functional groups attached to an aromatic ring is 1. The molecule has 2 aromatic rings. The highest BCUT2D eigenvalue weighted by atomic mass is 16.5. The van der Waals surface area contributed by atoms with Crippen molar-refractivity contribution in [3.05, 3.63) is 53.1 Å². The quantitative estimate of drug-likeness (QED) is 0.572. The van der Waals surface area contributed by atoms with Gasteiger partial charge in [-0.25, -0.2) is 4.79 Å². The highest BCUT2D eigenvalue weighted by molar-refractivity contribution is 5.92. The molecule has 0 fully saturated rings. The van der Waals surface area contributed by atoms with Crippen molar-refractivity contribution in [2.75, 3.05) is 17.8 Å². The number of carbonyl (C=O) groups excluding carboxylic acids is 1. The predicted octanol–water partition coefficient (Wildman–Crippen LogP) is 4.34.